The molecule has 7 heteroatoms. The average molecular weight is 424 g/mol. The van der Waals surface area contributed by atoms with Gasteiger partial charge in [0, 0.05) is 10.6 Å². The standard InChI is InChI=1S/C20H23ClNO3PS/c1-5-17(22-15(2)16-6-8-18(24-3)9-7-16)14-25-19-10-12-20(13-11-19)27(23)26(4)21/h5-13H,14H2,1-4H3/b17-5-,22-15?. The molecular weight excluding hydrogens is 401 g/mol. The third-order valence-electron chi connectivity index (χ3n) is 3.79. The Labute approximate surface area is 169 Å². The minimum atomic E-state index is -1.16. The van der Waals surface area contributed by atoms with E-state index in [2.05, 4.69) is 4.99 Å². The number of methoxy groups -OCH3 is 1. The number of benzene rings is 2. The molecule has 0 saturated heterocycles. The highest BCUT2D eigenvalue weighted by molar-refractivity contribution is 8.54. The van der Waals surface area contributed by atoms with Crippen molar-refractivity contribution in [1.82, 2.24) is 0 Å². The second-order valence-electron chi connectivity index (χ2n) is 5.64. The van der Waals surface area contributed by atoms with Gasteiger partial charge in [0.05, 0.1) is 29.7 Å². The van der Waals surface area contributed by atoms with Gasteiger partial charge in [-0.05, 0) is 74.6 Å². The fourth-order valence-corrected chi connectivity index (χ4v) is 4.86. The first-order valence-corrected chi connectivity index (χ1v) is 12.8. The first kappa shape index (κ1) is 21.6. The lowest BCUT2D eigenvalue weighted by Crippen LogP contribution is -2.03. The van der Waals surface area contributed by atoms with Crippen LogP contribution < -0.4 is 9.47 Å². The summed E-state index contributed by atoms with van der Waals surface area (Å²) in [5.41, 5.74) is 2.76. The lowest BCUT2D eigenvalue weighted by molar-refractivity contribution is 0.350. The molecule has 0 aliphatic carbocycles. The average Bonchev–Trinajstić information content (AvgIpc) is 2.70. The van der Waals surface area contributed by atoms with E-state index in [0.29, 0.717) is 17.3 Å². The van der Waals surface area contributed by atoms with E-state index in [1.807, 2.05) is 44.2 Å². The smallest absolute Gasteiger partial charge is 0.130 e. The molecule has 144 valence electrons. The van der Waals surface area contributed by atoms with E-state index in [1.165, 1.54) is 0 Å². The summed E-state index contributed by atoms with van der Waals surface area (Å²) in [6, 6.07) is 15.0. The summed E-state index contributed by atoms with van der Waals surface area (Å²) in [5, 5.41) is 0. The Morgan fingerprint density at radius 1 is 1.15 bits per heavy atom. The van der Waals surface area contributed by atoms with Crippen LogP contribution in [0.4, 0.5) is 0 Å². The lowest BCUT2D eigenvalue weighted by Gasteiger charge is -2.09. The molecule has 4 nitrogen and oxygen atoms in total. The van der Waals surface area contributed by atoms with Gasteiger partial charge in [-0.25, -0.2) is 4.21 Å². The molecule has 0 fully saturated rings. The largest absolute Gasteiger partial charge is 0.497 e. The van der Waals surface area contributed by atoms with Crippen LogP contribution in [0.25, 0.3) is 0 Å². The zero-order valence-corrected chi connectivity index (χ0v) is 18.3. The van der Waals surface area contributed by atoms with Crippen LogP contribution >= 0.6 is 17.7 Å². The second kappa shape index (κ2) is 10.6. The fourth-order valence-electron chi connectivity index (χ4n) is 2.25. The Hall–Kier alpha value is -1.68. The molecule has 0 bridgehead atoms. The van der Waals surface area contributed by atoms with E-state index in [9.17, 15) is 4.21 Å². The van der Waals surface area contributed by atoms with Crippen LogP contribution in [-0.2, 0) is 10.4 Å². The Kier molecular flexibility index (Phi) is 8.49. The number of rotatable bonds is 8. The van der Waals surface area contributed by atoms with Gasteiger partial charge in [-0.2, -0.15) is 0 Å². The fraction of sp³-hybridized carbons (Fsp3) is 0.250. The summed E-state index contributed by atoms with van der Waals surface area (Å²) in [4.78, 5) is 5.37. The third-order valence-corrected chi connectivity index (χ3v) is 8.06. The molecular formula is C20H23ClNO3PS. The van der Waals surface area contributed by atoms with Crippen molar-refractivity contribution in [2.45, 2.75) is 18.7 Å². The van der Waals surface area contributed by atoms with Crippen molar-refractivity contribution in [3.8, 4) is 11.5 Å². The number of ether oxygens (including phenoxy) is 2. The predicted molar refractivity (Wildman–Crippen MR) is 116 cm³/mol. The van der Waals surface area contributed by atoms with Gasteiger partial charge in [0.2, 0.25) is 0 Å². The van der Waals surface area contributed by atoms with Crippen molar-refractivity contribution in [2.75, 3.05) is 20.4 Å². The maximum atomic E-state index is 12.0. The van der Waals surface area contributed by atoms with Gasteiger partial charge in [0.25, 0.3) is 0 Å². The van der Waals surface area contributed by atoms with Crippen LogP contribution in [0, 0.1) is 0 Å². The van der Waals surface area contributed by atoms with Gasteiger partial charge in [-0.1, -0.05) is 17.3 Å². The number of hydrogen-bond acceptors (Lipinski definition) is 4. The van der Waals surface area contributed by atoms with Crippen LogP contribution in [-0.4, -0.2) is 30.3 Å². The molecule has 0 N–H and O–H groups in total. The van der Waals surface area contributed by atoms with Crippen LogP contribution in [0.1, 0.15) is 19.4 Å². The molecule has 0 saturated carbocycles. The van der Waals surface area contributed by atoms with E-state index < -0.39 is 16.9 Å². The molecule has 2 rings (SSSR count). The molecule has 0 aliphatic heterocycles. The van der Waals surface area contributed by atoms with Gasteiger partial charge < -0.3 is 9.47 Å². The van der Waals surface area contributed by atoms with Gasteiger partial charge in [0.15, 0.2) is 0 Å². The first-order chi connectivity index (χ1) is 12.9. The van der Waals surface area contributed by atoms with Crippen molar-refractivity contribution in [3.05, 3.63) is 65.9 Å². The number of hydrogen-bond donors (Lipinski definition) is 0. The molecule has 2 unspecified atom stereocenters. The van der Waals surface area contributed by atoms with Gasteiger partial charge in [-0.3, -0.25) is 4.99 Å². The van der Waals surface area contributed by atoms with E-state index in [-0.39, 0.29) is 0 Å². The summed E-state index contributed by atoms with van der Waals surface area (Å²) in [5.74, 6) is 1.51. The van der Waals surface area contributed by atoms with Crippen LogP contribution in [0.15, 0.2) is 70.2 Å². The highest BCUT2D eigenvalue weighted by atomic mass is 35.7. The summed E-state index contributed by atoms with van der Waals surface area (Å²) in [6.07, 6.45) is 1.92. The van der Waals surface area contributed by atoms with Gasteiger partial charge in [-0.15, -0.1) is 0 Å². The topological polar surface area (TPSA) is 47.9 Å². The molecule has 0 aromatic heterocycles. The Bertz CT molecular complexity index is 833. The molecule has 2 aromatic carbocycles. The minimum Gasteiger partial charge on any atom is -0.497 e. The predicted octanol–water partition coefficient (Wildman–Crippen LogP) is 5.78. The van der Waals surface area contributed by atoms with Crippen molar-refractivity contribution in [1.29, 1.82) is 0 Å². The van der Waals surface area contributed by atoms with Gasteiger partial charge >= 0.3 is 0 Å². The van der Waals surface area contributed by atoms with Crippen LogP contribution in [0.5, 0.6) is 11.5 Å². The summed E-state index contributed by atoms with van der Waals surface area (Å²) < 4.78 is 23.0. The molecule has 0 amide bonds. The molecule has 0 spiro atoms. The van der Waals surface area contributed by atoms with Crippen molar-refractivity contribution in [2.24, 2.45) is 4.99 Å². The maximum absolute atomic E-state index is 12.0. The molecule has 2 atom stereocenters. The molecule has 0 heterocycles. The van der Waals surface area contributed by atoms with Crippen molar-refractivity contribution < 1.29 is 13.7 Å². The van der Waals surface area contributed by atoms with E-state index in [1.54, 1.807) is 38.0 Å². The molecule has 0 radical (unpaired) electrons. The number of nitrogens with zero attached hydrogens (tertiary/aromatic N) is 1. The van der Waals surface area contributed by atoms with Crippen LogP contribution in [0.2, 0.25) is 0 Å². The van der Waals surface area contributed by atoms with E-state index in [0.717, 1.165) is 22.7 Å². The van der Waals surface area contributed by atoms with Crippen LogP contribution in [0.3, 0.4) is 0 Å². The number of aliphatic imine (C=N–C) groups is 1. The lowest BCUT2D eigenvalue weighted by atomic mass is 10.1. The normalized spacial score (nSPS) is 14.6. The minimum absolute atomic E-state index is 0.350. The van der Waals surface area contributed by atoms with Crippen molar-refractivity contribution in [3.63, 3.8) is 0 Å². The molecule has 0 aliphatic rings. The Morgan fingerprint density at radius 3 is 2.26 bits per heavy atom. The zero-order chi connectivity index (χ0) is 19.8. The molecule has 2 aromatic rings. The number of allylic oxidation sites excluding steroid dienone is 1. The first-order valence-electron chi connectivity index (χ1n) is 8.33. The third kappa shape index (κ3) is 6.46. The number of halogens is 1. The van der Waals surface area contributed by atoms with Crippen molar-refractivity contribution >= 4 is 33.8 Å². The monoisotopic (exact) mass is 423 g/mol. The SMILES string of the molecule is C/C=C(/COc1ccc(S(=O)P(C)Cl)cc1)N=C(C)c1ccc(OC)cc1. The second-order valence-corrected chi connectivity index (χ2v) is 12.2. The summed E-state index contributed by atoms with van der Waals surface area (Å²) >= 11 is 5.94. The zero-order valence-electron chi connectivity index (χ0n) is 15.8. The van der Waals surface area contributed by atoms with E-state index in [4.69, 9.17) is 20.7 Å². The highest BCUT2D eigenvalue weighted by Crippen LogP contribution is 2.44. The maximum Gasteiger partial charge on any atom is 0.130 e. The van der Waals surface area contributed by atoms with Gasteiger partial charge in [0.1, 0.15) is 18.1 Å². The Balaban J connectivity index is 2.01. The Morgan fingerprint density at radius 2 is 1.74 bits per heavy atom. The summed E-state index contributed by atoms with van der Waals surface area (Å²) in [6.45, 7) is 4.98. The van der Waals surface area contributed by atoms with E-state index >= 15 is 0 Å². The quantitative estimate of drug-likeness (QED) is 0.399. The summed E-state index contributed by atoms with van der Waals surface area (Å²) in [7, 11) is 0.489. The highest BCUT2D eigenvalue weighted by Gasteiger charge is 2.10. The molecule has 27 heavy (non-hydrogen) atoms.